The second kappa shape index (κ2) is 9.60. The van der Waals surface area contributed by atoms with Crippen molar-refractivity contribution in [2.75, 3.05) is 5.32 Å². The fourth-order valence-corrected chi connectivity index (χ4v) is 4.42. The minimum absolute atomic E-state index is 0.0857. The van der Waals surface area contributed by atoms with Crippen LogP contribution in [0.3, 0.4) is 0 Å². The third kappa shape index (κ3) is 4.22. The van der Waals surface area contributed by atoms with Crippen molar-refractivity contribution >= 4 is 27.8 Å². The Hall–Kier alpha value is -4.77. The Morgan fingerprint density at radius 2 is 1.84 bits per heavy atom. The summed E-state index contributed by atoms with van der Waals surface area (Å²) >= 11 is 0. The van der Waals surface area contributed by atoms with Crippen LogP contribution in [0.15, 0.2) is 61.2 Å². The highest BCUT2D eigenvalue weighted by atomic mass is 19.1. The lowest BCUT2D eigenvalue weighted by molar-refractivity contribution is 0.192. The minimum atomic E-state index is -0.737. The molecule has 5 aromatic heterocycles. The number of H-pyrrole nitrogens is 2. The van der Waals surface area contributed by atoms with Gasteiger partial charge in [-0.05, 0) is 36.2 Å². The van der Waals surface area contributed by atoms with Gasteiger partial charge in [-0.15, -0.1) is 0 Å². The van der Waals surface area contributed by atoms with E-state index in [0.29, 0.717) is 40.2 Å². The maximum Gasteiger partial charge on any atom is 0.161 e. The zero-order chi connectivity index (χ0) is 26.2. The highest BCUT2D eigenvalue weighted by molar-refractivity contribution is 5.97. The van der Waals surface area contributed by atoms with Gasteiger partial charge in [-0.2, -0.15) is 5.10 Å². The van der Waals surface area contributed by atoms with Gasteiger partial charge in [0.15, 0.2) is 17.3 Å². The van der Waals surface area contributed by atoms with Crippen molar-refractivity contribution in [3.05, 3.63) is 72.8 Å². The Morgan fingerprint density at radius 3 is 2.66 bits per heavy atom. The monoisotopic (exact) mass is 512 g/mol. The number of imidazole rings is 1. The number of halogens is 2. The Morgan fingerprint density at radius 1 is 1.00 bits per heavy atom. The normalized spacial score (nSPS) is 12.3. The van der Waals surface area contributed by atoms with Gasteiger partial charge in [-0.3, -0.25) is 15.1 Å². The van der Waals surface area contributed by atoms with Gasteiger partial charge < -0.3 is 15.4 Å². The molecule has 0 saturated heterocycles. The van der Waals surface area contributed by atoms with E-state index in [2.05, 4.69) is 40.4 Å². The Bertz CT molecular complexity index is 1760. The largest absolute Gasteiger partial charge is 0.374 e. The molecule has 6 rings (SSSR count). The molecular formula is C27H22F2N8O. The first-order valence-electron chi connectivity index (χ1n) is 12.1. The second-order valence-electron chi connectivity index (χ2n) is 8.84. The maximum absolute atomic E-state index is 16.0. The number of hydrogen-bond acceptors (Lipinski definition) is 7. The average molecular weight is 513 g/mol. The summed E-state index contributed by atoms with van der Waals surface area (Å²) in [5, 5.41) is 20.4. The molecule has 0 bridgehead atoms. The maximum atomic E-state index is 16.0. The van der Waals surface area contributed by atoms with Crippen molar-refractivity contribution in [3.8, 4) is 33.9 Å². The van der Waals surface area contributed by atoms with Crippen LogP contribution in [0.1, 0.15) is 19.8 Å². The van der Waals surface area contributed by atoms with E-state index >= 15 is 4.39 Å². The predicted octanol–water partition coefficient (Wildman–Crippen LogP) is 5.43. The predicted molar refractivity (Wildman–Crippen MR) is 140 cm³/mol. The smallest absolute Gasteiger partial charge is 0.161 e. The van der Waals surface area contributed by atoms with Gasteiger partial charge >= 0.3 is 0 Å². The molecule has 0 aliphatic heterocycles. The molecule has 1 unspecified atom stereocenters. The average Bonchev–Trinajstić information content (AvgIpc) is 3.54. The van der Waals surface area contributed by atoms with Gasteiger partial charge in [-0.1, -0.05) is 25.5 Å². The Balaban J connectivity index is 1.43. The van der Waals surface area contributed by atoms with Crippen LogP contribution in [0, 0.1) is 11.6 Å². The summed E-state index contributed by atoms with van der Waals surface area (Å²) in [6.45, 7) is 1.97. The van der Waals surface area contributed by atoms with Crippen molar-refractivity contribution in [1.29, 1.82) is 0 Å². The molecule has 6 aromatic rings. The number of benzene rings is 1. The van der Waals surface area contributed by atoms with Crippen LogP contribution in [-0.4, -0.2) is 46.5 Å². The number of aliphatic hydroxyl groups is 1. The lowest BCUT2D eigenvalue weighted by Gasteiger charge is -2.13. The van der Waals surface area contributed by atoms with E-state index in [9.17, 15) is 9.50 Å². The number of hydrogen-bond donors (Lipinski definition) is 4. The number of fused-ring (bicyclic) bond motifs is 2. The van der Waals surface area contributed by atoms with Crippen LogP contribution in [0.2, 0.25) is 0 Å². The van der Waals surface area contributed by atoms with Gasteiger partial charge in [-0.25, -0.2) is 18.7 Å². The molecule has 0 amide bonds. The highest BCUT2D eigenvalue weighted by Gasteiger charge is 2.22. The van der Waals surface area contributed by atoms with Crippen LogP contribution >= 0.6 is 0 Å². The molecule has 0 saturated carbocycles. The van der Waals surface area contributed by atoms with E-state index in [1.165, 1.54) is 24.5 Å². The summed E-state index contributed by atoms with van der Waals surface area (Å²) in [4.78, 5) is 20.6. The topological polar surface area (TPSA) is 128 Å². The third-order valence-corrected chi connectivity index (χ3v) is 6.22. The second-order valence-corrected chi connectivity index (χ2v) is 8.84. The number of nitrogens with one attached hydrogen (secondary N) is 3. The fraction of sp³-hybridized carbons (Fsp3) is 0.148. The quantitative estimate of drug-likeness (QED) is 0.210. The number of rotatable bonds is 7. The molecule has 11 heteroatoms. The first-order valence-corrected chi connectivity index (χ1v) is 12.1. The molecule has 0 radical (unpaired) electrons. The van der Waals surface area contributed by atoms with Crippen molar-refractivity contribution < 1.29 is 13.9 Å². The molecule has 190 valence electrons. The number of aliphatic hydroxyl groups excluding tert-OH is 1. The first kappa shape index (κ1) is 23.6. The van der Waals surface area contributed by atoms with E-state index in [4.69, 9.17) is 0 Å². The van der Waals surface area contributed by atoms with Crippen LogP contribution < -0.4 is 5.32 Å². The summed E-state index contributed by atoms with van der Waals surface area (Å²) in [5.74, 6) is -0.606. The first-order chi connectivity index (χ1) is 18.5. The molecule has 0 aliphatic rings. The Kier molecular flexibility index (Phi) is 5.97. The van der Waals surface area contributed by atoms with Crippen LogP contribution in [-0.2, 0) is 0 Å². The molecule has 9 nitrogen and oxygen atoms in total. The number of pyridine rings is 3. The van der Waals surface area contributed by atoms with Crippen molar-refractivity contribution in [2.24, 2.45) is 0 Å². The lowest BCUT2D eigenvalue weighted by atomic mass is 10.1. The zero-order valence-corrected chi connectivity index (χ0v) is 20.2. The molecule has 1 atom stereocenters. The van der Waals surface area contributed by atoms with Crippen molar-refractivity contribution in [3.63, 3.8) is 0 Å². The van der Waals surface area contributed by atoms with E-state index < -0.39 is 12.0 Å². The van der Waals surface area contributed by atoms with Crippen molar-refractivity contribution in [1.82, 2.24) is 35.1 Å². The standard InChI is InChI=1S/C27H22F2N8O/c1-2-3-20(38)33-17-10-15(11-30-12-17)23-22(29)21-19(13-32-23)36-37-25(21)27-34-24-18(8-9-31-26(24)35-27)14-4-6-16(28)7-5-14/h4-13,20,33,38H,2-3H2,1H3,(H,36,37)(H,31,34,35). The summed E-state index contributed by atoms with van der Waals surface area (Å²) in [6.07, 6.45) is 6.83. The Labute approximate surface area is 215 Å². The number of aromatic amines is 2. The third-order valence-electron chi connectivity index (χ3n) is 6.22. The summed E-state index contributed by atoms with van der Waals surface area (Å²) in [6, 6.07) is 9.56. The number of nitrogens with zero attached hydrogens (tertiary/aromatic N) is 5. The summed E-state index contributed by atoms with van der Waals surface area (Å²) < 4.78 is 29.4. The van der Waals surface area contributed by atoms with Crippen LogP contribution in [0.4, 0.5) is 14.5 Å². The van der Waals surface area contributed by atoms with Gasteiger partial charge in [0.25, 0.3) is 0 Å². The van der Waals surface area contributed by atoms with Gasteiger partial charge in [0.05, 0.1) is 29.0 Å². The van der Waals surface area contributed by atoms with Crippen LogP contribution in [0.25, 0.3) is 56.0 Å². The van der Waals surface area contributed by atoms with E-state index in [-0.39, 0.29) is 22.6 Å². The zero-order valence-electron chi connectivity index (χ0n) is 20.2. The molecule has 0 fully saturated rings. The van der Waals surface area contributed by atoms with Crippen LogP contribution in [0.5, 0.6) is 0 Å². The van der Waals surface area contributed by atoms with E-state index in [1.54, 1.807) is 36.7 Å². The van der Waals surface area contributed by atoms with Crippen molar-refractivity contribution in [2.45, 2.75) is 26.0 Å². The van der Waals surface area contributed by atoms with E-state index in [1.807, 2.05) is 6.92 Å². The molecule has 0 aliphatic carbocycles. The summed E-state index contributed by atoms with van der Waals surface area (Å²) in [5.41, 5.74) is 4.30. The van der Waals surface area contributed by atoms with Gasteiger partial charge in [0.2, 0.25) is 0 Å². The summed E-state index contributed by atoms with van der Waals surface area (Å²) in [7, 11) is 0. The SMILES string of the molecule is CCCC(O)Nc1cncc(-c2ncc3[nH]nc(-c4nc5c(-c6ccc(F)cc6)ccnc5[nH]4)c3c2F)c1. The lowest BCUT2D eigenvalue weighted by Crippen LogP contribution is -2.18. The number of anilines is 1. The fourth-order valence-electron chi connectivity index (χ4n) is 4.42. The highest BCUT2D eigenvalue weighted by Crippen LogP contribution is 2.34. The minimum Gasteiger partial charge on any atom is -0.374 e. The molecule has 0 spiro atoms. The van der Waals surface area contributed by atoms with Gasteiger partial charge in [0, 0.05) is 23.5 Å². The molecule has 1 aromatic carbocycles. The van der Waals surface area contributed by atoms with Gasteiger partial charge in [0.1, 0.15) is 28.9 Å². The van der Waals surface area contributed by atoms with E-state index in [0.717, 1.165) is 17.5 Å². The molecule has 4 N–H and O–H groups in total. The molecule has 5 heterocycles. The number of aromatic nitrogens is 7. The molecule has 38 heavy (non-hydrogen) atoms. The molecular weight excluding hydrogens is 490 g/mol.